The number of hydrogen-bond donors (Lipinski definition) is 2. The maximum absolute atomic E-state index is 13.0. The van der Waals surface area contributed by atoms with E-state index in [1.807, 2.05) is 31.2 Å². The maximum Gasteiger partial charge on any atom is 0.259 e. The van der Waals surface area contributed by atoms with Crippen LogP contribution in [0, 0.1) is 6.92 Å². The molecule has 2 aliphatic rings. The number of allylic oxidation sites excluding steroid dienone is 2. The van der Waals surface area contributed by atoms with Gasteiger partial charge in [-0.1, -0.05) is 42.0 Å². The highest BCUT2D eigenvalue weighted by Crippen LogP contribution is 2.21. The summed E-state index contributed by atoms with van der Waals surface area (Å²) in [5.74, 6) is -0.913. The molecule has 0 aliphatic carbocycles. The fraction of sp³-hybridized carbons (Fsp3) is 0.174. The van der Waals surface area contributed by atoms with Crippen LogP contribution in [0.2, 0.25) is 0 Å². The van der Waals surface area contributed by atoms with Gasteiger partial charge in [0.1, 0.15) is 0 Å². The van der Waals surface area contributed by atoms with Gasteiger partial charge in [0.15, 0.2) is 5.84 Å². The highest BCUT2D eigenvalue weighted by Gasteiger charge is 2.30. The minimum absolute atomic E-state index is 0.0811. The molecule has 0 radical (unpaired) electrons. The molecule has 0 saturated carbocycles. The summed E-state index contributed by atoms with van der Waals surface area (Å²) in [5, 5.41) is 5.58. The Balaban J connectivity index is 1.51. The quantitative estimate of drug-likeness (QED) is 0.727. The van der Waals surface area contributed by atoms with Crippen molar-refractivity contribution in [2.75, 3.05) is 17.6 Å². The smallest absolute Gasteiger partial charge is 0.259 e. The number of para-hydroxylation sites is 1. The summed E-state index contributed by atoms with van der Waals surface area (Å²) in [6.07, 6.45) is 4.84. The van der Waals surface area contributed by atoms with E-state index >= 15 is 0 Å². The Kier molecular flexibility index (Phi) is 5.91. The maximum atomic E-state index is 13.0. The van der Waals surface area contributed by atoms with Crippen LogP contribution < -0.4 is 10.6 Å². The molecule has 0 fully saturated rings. The summed E-state index contributed by atoms with van der Waals surface area (Å²) in [6, 6.07) is 14.5. The number of aryl methyl sites for hydroxylation is 1. The summed E-state index contributed by atoms with van der Waals surface area (Å²) >= 11 is 0. The van der Waals surface area contributed by atoms with Gasteiger partial charge in [0.2, 0.25) is 0 Å². The molecule has 2 aromatic carbocycles. The van der Waals surface area contributed by atoms with E-state index < -0.39 is 15.9 Å². The lowest BCUT2D eigenvalue weighted by molar-refractivity contribution is -0.112. The summed E-state index contributed by atoms with van der Waals surface area (Å²) in [7, 11) is -3.62. The number of fused-ring (bicyclic) bond motifs is 1. The van der Waals surface area contributed by atoms with Crippen molar-refractivity contribution in [2.45, 2.75) is 13.5 Å². The van der Waals surface area contributed by atoms with E-state index in [9.17, 15) is 18.0 Å². The lowest BCUT2D eigenvalue weighted by atomic mass is 10.1. The van der Waals surface area contributed by atoms with Crippen LogP contribution in [-0.4, -0.2) is 43.3 Å². The summed E-state index contributed by atoms with van der Waals surface area (Å²) in [5.41, 5.74) is 2.83. The SMILES string of the molecule is Cc1ccc(CNC(=O)c2ccccc2NC(=O)C2=CC=CN3CCS(=O)(=O)N=C23)cc1. The molecule has 2 aromatic rings. The molecule has 0 spiro atoms. The highest BCUT2D eigenvalue weighted by atomic mass is 32.2. The molecule has 164 valence electrons. The van der Waals surface area contributed by atoms with Crippen molar-refractivity contribution in [3.8, 4) is 0 Å². The van der Waals surface area contributed by atoms with Crippen LogP contribution in [0.15, 0.2) is 76.9 Å². The molecule has 2 aliphatic heterocycles. The first-order valence-electron chi connectivity index (χ1n) is 10.0. The van der Waals surface area contributed by atoms with Crippen LogP contribution in [-0.2, 0) is 21.4 Å². The van der Waals surface area contributed by atoms with Gasteiger partial charge in [-0.05, 0) is 36.8 Å². The van der Waals surface area contributed by atoms with Crippen molar-refractivity contribution in [1.29, 1.82) is 0 Å². The van der Waals surface area contributed by atoms with Gasteiger partial charge in [-0.15, -0.1) is 4.40 Å². The normalized spacial score (nSPS) is 16.5. The fourth-order valence-corrected chi connectivity index (χ4v) is 4.34. The lowest BCUT2D eigenvalue weighted by Crippen LogP contribution is -2.41. The Morgan fingerprint density at radius 3 is 2.59 bits per heavy atom. The number of amides is 2. The third kappa shape index (κ3) is 4.78. The van der Waals surface area contributed by atoms with Gasteiger partial charge in [0, 0.05) is 19.3 Å². The largest absolute Gasteiger partial charge is 0.348 e. The van der Waals surface area contributed by atoms with Crippen molar-refractivity contribution in [3.05, 3.63) is 89.1 Å². The summed E-state index contributed by atoms with van der Waals surface area (Å²) in [4.78, 5) is 27.4. The molecular weight excluding hydrogens is 428 g/mol. The number of nitrogens with one attached hydrogen (secondary N) is 2. The molecule has 2 amide bonds. The molecule has 0 bridgehead atoms. The predicted molar refractivity (Wildman–Crippen MR) is 123 cm³/mol. The Morgan fingerprint density at radius 2 is 1.81 bits per heavy atom. The highest BCUT2D eigenvalue weighted by molar-refractivity contribution is 7.90. The molecule has 4 rings (SSSR count). The number of hydrogen-bond acceptors (Lipinski definition) is 5. The Hall–Kier alpha value is -3.72. The van der Waals surface area contributed by atoms with Crippen molar-refractivity contribution >= 4 is 33.4 Å². The Morgan fingerprint density at radius 1 is 1.06 bits per heavy atom. The molecule has 0 unspecified atom stereocenters. The van der Waals surface area contributed by atoms with Gasteiger partial charge < -0.3 is 15.5 Å². The summed E-state index contributed by atoms with van der Waals surface area (Å²) < 4.78 is 27.6. The lowest BCUT2D eigenvalue weighted by Gasteiger charge is -2.28. The average molecular weight is 451 g/mol. The molecule has 8 nitrogen and oxygen atoms in total. The van der Waals surface area contributed by atoms with Gasteiger partial charge in [-0.25, -0.2) is 8.42 Å². The fourth-order valence-electron chi connectivity index (χ4n) is 3.36. The third-order valence-corrected chi connectivity index (χ3v) is 6.25. The number of carbonyl (C=O) groups excluding carboxylic acids is 2. The molecule has 32 heavy (non-hydrogen) atoms. The standard InChI is InChI=1S/C23H22N4O4S/c1-16-8-10-17(11-9-16)15-24-22(28)18-5-2-3-7-20(18)25-23(29)19-6-4-12-27-13-14-32(30,31)26-21(19)27/h2-12H,13-15H2,1H3,(H,24,28)(H,25,29). The average Bonchev–Trinajstić information content (AvgIpc) is 2.78. The van der Waals surface area contributed by atoms with E-state index in [0.29, 0.717) is 17.8 Å². The van der Waals surface area contributed by atoms with E-state index in [1.54, 1.807) is 41.4 Å². The Labute approximate surface area is 186 Å². The molecular formula is C23H22N4O4S. The first-order valence-corrected chi connectivity index (χ1v) is 11.7. The topological polar surface area (TPSA) is 108 Å². The van der Waals surface area contributed by atoms with Crippen molar-refractivity contribution < 1.29 is 18.0 Å². The van der Waals surface area contributed by atoms with Gasteiger partial charge in [0.05, 0.1) is 22.6 Å². The molecule has 9 heteroatoms. The second-order valence-electron chi connectivity index (χ2n) is 7.48. The molecule has 2 heterocycles. The van der Waals surface area contributed by atoms with E-state index in [0.717, 1.165) is 11.1 Å². The first-order chi connectivity index (χ1) is 15.3. The minimum Gasteiger partial charge on any atom is -0.348 e. The number of carbonyl (C=O) groups is 2. The van der Waals surface area contributed by atoms with Crippen LogP contribution in [0.4, 0.5) is 5.69 Å². The molecule has 0 aromatic heterocycles. The van der Waals surface area contributed by atoms with Crippen LogP contribution in [0.1, 0.15) is 21.5 Å². The van der Waals surface area contributed by atoms with Gasteiger partial charge in [-0.2, -0.15) is 0 Å². The number of anilines is 1. The van der Waals surface area contributed by atoms with Crippen LogP contribution >= 0.6 is 0 Å². The van der Waals surface area contributed by atoms with Gasteiger partial charge >= 0.3 is 0 Å². The number of rotatable bonds is 5. The molecule has 0 atom stereocenters. The monoisotopic (exact) mass is 450 g/mol. The van der Waals surface area contributed by atoms with E-state index in [2.05, 4.69) is 15.0 Å². The zero-order chi connectivity index (χ0) is 22.7. The zero-order valence-electron chi connectivity index (χ0n) is 17.4. The number of nitrogens with zero attached hydrogens (tertiary/aromatic N) is 2. The van der Waals surface area contributed by atoms with E-state index in [4.69, 9.17) is 0 Å². The predicted octanol–water partition coefficient (Wildman–Crippen LogP) is 2.36. The summed E-state index contributed by atoms with van der Waals surface area (Å²) in [6.45, 7) is 2.56. The first kappa shape index (κ1) is 21.5. The Bertz CT molecular complexity index is 1260. The minimum atomic E-state index is -3.62. The van der Waals surface area contributed by atoms with Crippen LogP contribution in [0.5, 0.6) is 0 Å². The molecule has 0 saturated heterocycles. The zero-order valence-corrected chi connectivity index (χ0v) is 18.2. The van der Waals surface area contributed by atoms with Crippen molar-refractivity contribution in [2.24, 2.45) is 4.40 Å². The van der Waals surface area contributed by atoms with Gasteiger partial charge in [0.25, 0.3) is 21.8 Å². The van der Waals surface area contributed by atoms with E-state index in [-0.39, 0.29) is 29.6 Å². The number of amidine groups is 1. The molecule has 2 N–H and O–H groups in total. The van der Waals surface area contributed by atoms with Crippen LogP contribution in [0.25, 0.3) is 0 Å². The van der Waals surface area contributed by atoms with Crippen LogP contribution in [0.3, 0.4) is 0 Å². The number of benzene rings is 2. The van der Waals surface area contributed by atoms with Crippen molar-refractivity contribution in [3.63, 3.8) is 0 Å². The van der Waals surface area contributed by atoms with Gasteiger partial charge in [-0.3, -0.25) is 9.59 Å². The number of sulfonamides is 1. The van der Waals surface area contributed by atoms with Crippen molar-refractivity contribution in [1.82, 2.24) is 10.2 Å². The van der Waals surface area contributed by atoms with E-state index in [1.165, 1.54) is 6.08 Å². The third-order valence-electron chi connectivity index (χ3n) is 5.10. The second kappa shape index (κ2) is 8.80. The second-order valence-corrected chi connectivity index (χ2v) is 9.24.